The van der Waals surface area contributed by atoms with Gasteiger partial charge in [0.25, 0.3) is 0 Å². The Bertz CT molecular complexity index is 267. The lowest BCUT2D eigenvalue weighted by Gasteiger charge is -2.34. The SMILES string of the molecule is CN1CCC(C(=O)N(C)CC(C)(C)CN)CC1.Cl.Cl. The first-order valence-electron chi connectivity index (χ1n) is 6.49. The Morgan fingerprint density at radius 2 is 1.79 bits per heavy atom. The molecule has 0 aromatic carbocycles. The zero-order chi connectivity index (χ0) is 13.1. The predicted octanol–water partition coefficient (Wildman–Crippen LogP) is 1.62. The summed E-state index contributed by atoms with van der Waals surface area (Å²) in [6, 6.07) is 0. The van der Waals surface area contributed by atoms with Gasteiger partial charge in [-0.15, -0.1) is 24.8 Å². The van der Waals surface area contributed by atoms with Gasteiger partial charge in [0.15, 0.2) is 0 Å². The Morgan fingerprint density at radius 3 is 2.21 bits per heavy atom. The van der Waals surface area contributed by atoms with Gasteiger partial charge in [0.2, 0.25) is 5.91 Å². The molecule has 0 spiro atoms. The molecule has 0 atom stereocenters. The monoisotopic (exact) mass is 313 g/mol. The molecule has 1 aliphatic heterocycles. The van der Waals surface area contributed by atoms with Gasteiger partial charge in [0.05, 0.1) is 0 Å². The Kier molecular flexibility index (Phi) is 10.1. The minimum atomic E-state index is 0. The standard InChI is InChI=1S/C13H27N3O.2ClH/c1-13(2,9-14)10-16(4)12(17)11-5-7-15(3)8-6-11;;/h11H,5-10,14H2,1-4H3;2*1H. The van der Waals surface area contributed by atoms with Crippen molar-refractivity contribution in [2.24, 2.45) is 17.1 Å². The van der Waals surface area contributed by atoms with Crippen molar-refractivity contribution in [1.82, 2.24) is 9.80 Å². The zero-order valence-corrected chi connectivity index (χ0v) is 14.1. The highest BCUT2D eigenvalue weighted by Crippen LogP contribution is 2.21. The van der Waals surface area contributed by atoms with Crippen molar-refractivity contribution in [3.8, 4) is 0 Å². The molecule has 0 aliphatic carbocycles. The Labute approximate surface area is 129 Å². The van der Waals surface area contributed by atoms with Gasteiger partial charge in [-0.25, -0.2) is 0 Å². The van der Waals surface area contributed by atoms with Crippen molar-refractivity contribution in [1.29, 1.82) is 0 Å². The van der Waals surface area contributed by atoms with E-state index >= 15 is 0 Å². The van der Waals surface area contributed by atoms with Crippen LogP contribution in [-0.4, -0.2) is 56.0 Å². The topological polar surface area (TPSA) is 49.6 Å². The Morgan fingerprint density at radius 1 is 1.32 bits per heavy atom. The molecule has 4 nitrogen and oxygen atoms in total. The predicted molar refractivity (Wildman–Crippen MR) is 85.2 cm³/mol. The van der Waals surface area contributed by atoms with Crippen molar-refractivity contribution in [2.75, 3.05) is 40.3 Å². The number of nitrogens with zero attached hydrogens (tertiary/aromatic N) is 2. The van der Waals surface area contributed by atoms with Crippen molar-refractivity contribution in [3.63, 3.8) is 0 Å². The van der Waals surface area contributed by atoms with Gasteiger partial charge in [-0.1, -0.05) is 13.8 Å². The van der Waals surface area contributed by atoms with E-state index in [1.807, 2.05) is 11.9 Å². The number of hydrogen-bond donors (Lipinski definition) is 1. The lowest BCUT2D eigenvalue weighted by atomic mass is 9.91. The molecule has 0 aromatic rings. The van der Waals surface area contributed by atoms with Crippen LogP contribution in [0.4, 0.5) is 0 Å². The molecule has 19 heavy (non-hydrogen) atoms. The third-order valence-corrected chi connectivity index (χ3v) is 3.66. The number of nitrogens with two attached hydrogens (primary N) is 1. The molecule has 0 saturated carbocycles. The third kappa shape index (κ3) is 6.80. The van der Waals surface area contributed by atoms with E-state index in [0.29, 0.717) is 12.5 Å². The van der Waals surface area contributed by atoms with E-state index in [-0.39, 0.29) is 36.1 Å². The summed E-state index contributed by atoms with van der Waals surface area (Å²) in [5.74, 6) is 0.504. The second kappa shape index (κ2) is 9.01. The highest BCUT2D eigenvalue weighted by molar-refractivity contribution is 5.85. The fourth-order valence-corrected chi connectivity index (χ4v) is 2.35. The summed E-state index contributed by atoms with van der Waals surface area (Å²) < 4.78 is 0. The van der Waals surface area contributed by atoms with Crippen molar-refractivity contribution < 1.29 is 4.79 Å². The second-order valence-electron chi connectivity index (χ2n) is 6.14. The maximum absolute atomic E-state index is 12.3. The number of amides is 1. The summed E-state index contributed by atoms with van der Waals surface area (Å²) in [6.07, 6.45) is 1.98. The molecule has 1 fully saturated rings. The van der Waals surface area contributed by atoms with Crippen molar-refractivity contribution in [2.45, 2.75) is 26.7 Å². The Hall–Kier alpha value is -0.0300. The van der Waals surface area contributed by atoms with Crippen LogP contribution in [0, 0.1) is 11.3 Å². The number of rotatable bonds is 4. The molecule has 1 rings (SSSR count). The molecule has 0 unspecified atom stereocenters. The van der Waals surface area contributed by atoms with Crippen LogP contribution in [0.25, 0.3) is 0 Å². The van der Waals surface area contributed by atoms with Crippen LogP contribution in [-0.2, 0) is 4.79 Å². The number of carbonyl (C=O) groups is 1. The number of likely N-dealkylation sites (tertiary alicyclic amines) is 1. The summed E-state index contributed by atoms with van der Waals surface area (Å²) in [7, 11) is 4.01. The Balaban J connectivity index is 0. The van der Waals surface area contributed by atoms with Gasteiger partial charge in [-0.2, -0.15) is 0 Å². The molecular formula is C13H29Cl2N3O. The first-order valence-corrected chi connectivity index (χ1v) is 6.49. The highest BCUT2D eigenvalue weighted by Gasteiger charge is 2.28. The normalized spacial score (nSPS) is 17.3. The van der Waals surface area contributed by atoms with E-state index < -0.39 is 0 Å². The lowest BCUT2D eigenvalue weighted by molar-refractivity contribution is -0.136. The first-order chi connectivity index (χ1) is 7.85. The molecule has 1 heterocycles. The summed E-state index contributed by atoms with van der Waals surface area (Å²) >= 11 is 0. The number of hydrogen-bond acceptors (Lipinski definition) is 3. The van der Waals surface area contributed by atoms with E-state index in [4.69, 9.17) is 5.73 Å². The highest BCUT2D eigenvalue weighted by atomic mass is 35.5. The number of carbonyl (C=O) groups excluding carboxylic acids is 1. The molecule has 0 radical (unpaired) electrons. The van der Waals surface area contributed by atoms with Gasteiger partial charge in [0, 0.05) is 19.5 Å². The molecule has 0 aromatic heterocycles. The smallest absolute Gasteiger partial charge is 0.225 e. The van der Waals surface area contributed by atoms with E-state index in [9.17, 15) is 4.79 Å². The average molecular weight is 314 g/mol. The maximum Gasteiger partial charge on any atom is 0.225 e. The lowest BCUT2D eigenvalue weighted by Crippen LogP contribution is -2.44. The van der Waals surface area contributed by atoms with Crippen LogP contribution in [0.15, 0.2) is 0 Å². The molecular weight excluding hydrogens is 285 g/mol. The van der Waals surface area contributed by atoms with Crippen molar-refractivity contribution >= 4 is 30.7 Å². The van der Waals surface area contributed by atoms with Gasteiger partial charge < -0.3 is 15.5 Å². The van der Waals surface area contributed by atoms with E-state index in [2.05, 4.69) is 25.8 Å². The van der Waals surface area contributed by atoms with Gasteiger partial charge >= 0.3 is 0 Å². The number of halogens is 2. The van der Waals surface area contributed by atoms with Gasteiger partial charge in [0.1, 0.15) is 0 Å². The molecule has 1 saturated heterocycles. The minimum absolute atomic E-state index is 0. The largest absolute Gasteiger partial charge is 0.345 e. The van der Waals surface area contributed by atoms with Gasteiger partial charge in [-0.3, -0.25) is 4.79 Å². The van der Waals surface area contributed by atoms with Gasteiger partial charge in [-0.05, 0) is 44.9 Å². The van der Waals surface area contributed by atoms with Crippen LogP contribution < -0.4 is 5.73 Å². The summed E-state index contributed by atoms with van der Waals surface area (Å²) in [5.41, 5.74) is 5.72. The van der Waals surface area contributed by atoms with Crippen molar-refractivity contribution in [3.05, 3.63) is 0 Å². The quantitative estimate of drug-likeness (QED) is 0.858. The molecule has 1 amide bonds. The van der Waals surface area contributed by atoms with Crippen LogP contribution in [0.5, 0.6) is 0 Å². The second-order valence-corrected chi connectivity index (χ2v) is 6.14. The van der Waals surface area contributed by atoms with E-state index in [0.717, 1.165) is 32.5 Å². The van der Waals surface area contributed by atoms with Crippen LogP contribution in [0.1, 0.15) is 26.7 Å². The number of piperidine rings is 1. The summed E-state index contributed by atoms with van der Waals surface area (Å²) in [4.78, 5) is 16.4. The first kappa shape index (κ1) is 21.3. The average Bonchev–Trinajstić information content (AvgIpc) is 2.28. The zero-order valence-electron chi connectivity index (χ0n) is 12.5. The van der Waals surface area contributed by atoms with Crippen LogP contribution in [0.3, 0.4) is 0 Å². The molecule has 1 aliphatic rings. The van der Waals surface area contributed by atoms with E-state index in [1.54, 1.807) is 0 Å². The fraction of sp³-hybridized carbons (Fsp3) is 0.923. The van der Waals surface area contributed by atoms with Crippen LogP contribution >= 0.6 is 24.8 Å². The maximum atomic E-state index is 12.3. The summed E-state index contributed by atoms with van der Waals surface area (Å²) in [5, 5.41) is 0. The fourth-order valence-electron chi connectivity index (χ4n) is 2.35. The molecule has 6 heteroatoms. The third-order valence-electron chi connectivity index (χ3n) is 3.66. The molecule has 116 valence electrons. The molecule has 2 N–H and O–H groups in total. The summed E-state index contributed by atoms with van der Waals surface area (Å²) in [6.45, 7) is 7.62. The minimum Gasteiger partial charge on any atom is -0.345 e. The van der Waals surface area contributed by atoms with Crippen LogP contribution in [0.2, 0.25) is 0 Å². The molecule has 0 bridgehead atoms. The van der Waals surface area contributed by atoms with E-state index in [1.165, 1.54) is 0 Å².